The standard InChI is InChI=1S/C19H14ClN5O/c20-14-9-4-5-10-15(14)23-19(26)24-18-22-16-11-6-12-21-17(16)25(18)13-7-2-1-3-8-13/h1-12H,(H2,22,23,24,26). The number of amides is 2. The van der Waals surface area contributed by atoms with E-state index < -0.39 is 6.03 Å². The van der Waals surface area contributed by atoms with Crippen LogP contribution in [-0.2, 0) is 0 Å². The topological polar surface area (TPSA) is 71.8 Å². The number of pyridine rings is 1. The number of carbonyl (C=O) groups excluding carboxylic acids is 1. The van der Waals surface area contributed by atoms with Gasteiger partial charge in [-0.3, -0.25) is 9.88 Å². The summed E-state index contributed by atoms with van der Waals surface area (Å²) in [6, 6.07) is 19.8. The van der Waals surface area contributed by atoms with Gasteiger partial charge in [0.2, 0.25) is 5.95 Å². The van der Waals surface area contributed by atoms with Crippen LogP contribution in [0, 0.1) is 0 Å². The zero-order valence-corrected chi connectivity index (χ0v) is 14.3. The second-order valence-electron chi connectivity index (χ2n) is 5.51. The number of anilines is 2. The fourth-order valence-corrected chi connectivity index (χ4v) is 2.82. The van der Waals surface area contributed by atoms with Crippen molar-refractivity contribution in [2.75, 3.05) is 10.6 Å². The lowest BCUT2D eigenvalue weighted by Crippen LogP contribution is -2.21. The quantitative estimate of drug-likeness (QED) is 0.553. The van der Waals surface area contributed by atoms with E-state index in [1.54, 1.807) is 41.1 Å². The third-order valence-electron chi connectivity index (χ3n) is 3.78. The van der Waals surface area contributed by atoms with E-state index in [0.29, 0.717) is 27.8 Å². The van der Waals surface area contributed by atoms with Crippen molar-refractivity contribution in [1.82, 2.24) is 14.5 Å². The molecule has 128 valence electrons. The minimum absolute atomic E-state index is 0.370. The van der Waals surface area contributed by atoms with Crippen LogP contribution in [0.4, 0.5) is 16.4 Å². The van der Waals surface area contributed by atoms with Crippen molar-refractivity contribution in [2.45, 2.75) is 0 Å². The summed E-state index contributed by atoms with van der Waals surface area (Å²) in [6.45, 7) is 0. The van der Waals surface area contributed by atoms with E-state index in [2.05, 4.69) is 20.6 Å². The number of urea groups is 1. The summed E-state index contributed by atoms with van der Waals surface area (Å²) in [6.07, 6.45) is 1.69. The van der Waals surface area contributed by atoms with Gasteiger partial charge in [-0.1, -0.05) is 41.9 Å². The van der Waals surface area contributed by atoms with Crippen LogP contribution in [0.3, 0.4) is 0 Å². The number of rotatable bonds is 3. The Morgan fingerprint density at radius 1 is 0.923 bits per heavy atom. The number of hydrogen-bond acceptors (Lipinski definition) is 3. The van der Waals surface area contributed by atoms with Crippen LogP contribution in [0.2, 0.25) is 5.02 Å². The Morgan fingerprint density at radius 2 is 1.69 bits per heavy atom. The van der Waals surface area contributed by atoms with Crippen molar-refractivity contribution in [3.63, 3.8) is 0 Å². The molecule has 6 nitrogen and oxygen atoms in total. The molecule has 0 aliphatic heterocycles. The van der Waals surface area contributed by atoms with Crippen molar-refractivity contribution in [3.05, 3.63) is 77.9 Å². The van der Waals surface area contributed by atoms with E-state index in [1.807, 2.05) is 36.4 Å². The molecule has 26 heavy (non-hydrogen) atoms. The predicted octanol–water partition coefficient (Wildman–Crippen LogP) is 4.72. The second-order valence-corrected chi connectivity index (χ2v) is 5.92. The Bertz CT molecular complexity index is 1080. The minimum atomic E-state index is -0.439. The minimum Gasteiger partial charge on any atom is -0.306 e. The molecule has 0 saturated heterocycles. The largest absolute Gasteiger partial charge is 0.326 e. The summed E-state index contributed by atoms with van der Waals surface area (Å²) in [5, 5.41) is 5.96. The molecule has 2 aromatic heterocycles. The SMILES string of the molecule is O=C(Nc1ccccc1Cl)Nc1nc2cccnc2n1-c1ccccc1. The summed E-state index contributed by atoms with van der Waals surface area (Å²) in [5.41, 5.74) is 2.71. The van der Waals surface area contributed by atoms with Crippen LogP contribution in [-0.4, -0.2) is 20.6 Å². The Balaban J connectivity index is 1.70. The number of hydrogen-bond donors (Lipinski definition) is 2. The molecule has 4 rings (SSSR count). The van der Waals surface area contributed by atoms with Gasteiger partial charge in [0.15, 0.2) is 5.65 Å². The summed E-state index contributed by atoms with van der Waals surface area (Å²) >= 11 is 6.09. The Labute approximate surface area is 154 Å². The molecule has 2 amide bonds. The molecule has 0 bridgehead atoms. The third kappa shape index (κ3) is 3.10. The summed E-state index contributed by atoms with van der Waals surface area (Å²) in [4.78, 5) is 21.3. The lowest BCUT2D eigenvalue weighted by molar-refractivity contribution is 0.262. The van der Waals surface area contributed by atoms with Gasteiger partial charge in [-0.15, -0.1) is 0 Å². The van der Waals surface area contributed by atoms with E-state index in [9.17, 15) is 4.79 Å². The second kappa shape index (κ2) is 6.85. The van der Waals surface area contributed by atoms with Crippen LogP contribution < -0.4 is 10.6 Å². The van der Waals surface area contributed by atoms with Gasteiger partial charge in [-0.05, 0) is 36.4 Å². The first-order valence-corrected chi connectivity index (χ1v) is 8.31. The summed E-state index contributed by atoms with van der Waals surface area (Å²) in [5.74, 6) is 0.370. The number of benzene rings is 2. The molecular weight excluding hydrogens is 350 g/mol. The van der Waals surface area contributed by atoms with Gasteiger partial charge in [0.05, 0.1) is 16.4 Å². The maximum Gasteiger partial charge on any atom is 0.326 e. The van der Waals surface area contributed by atoms with Crippen molar-refractivity contribution < 1.29 is 4.79 Å². The van der Waals surface area contributed by atoms with Crippen LogP contribution in [0.25, 0.3) is 16.9 Å². The van der Waals surface area contributed by atoms with Crippen molar-refractivity contribution >= 4 is 40.4 Å². The Hall–Kier alpha value is -3.38. The van der Waals surface area contributed by atoms with E-state index >= 15 is 0 Å². The number of halogens is 1. The van der Waals surface area contributed by atoms with Gasteiger partial charge < -0.3 is 5.32 Å². The average molecular weight is 364 g/mol. The normalized spacial score (nSPS) is 10.7. The van der Waals surface area contributed by atoms with Gasteiger partial charge in [0.25, 0.3) is 0 Å². The Kier molecular flexibility index (Phi) is 4.25. The number of carbonyl (C=O) groups is 1. The molecule has 2 aromatic carbocycles. The first kappa shape index (κ1) is 16.1. The highest BCUT2D eigenvalue weighted by molar-refractivity contribution is 6.33. The zero-order chi connectivity index (χ0) is 17.9. The van der Waals surface area contributed by atoms with Crippen LogP contribution in [0.5, 0.6) is 0 Å². The van der Waals surface area contributed by atoms with Gasteiger partial charge >= 0.3 is 6.03 Å². The molecule has 2 heterocycles. The predicted molar refractivity (Wildman–Crippen MR) is 103 cm³/mol. The lowest BCUT2D eigenvalue weighted by atomic mass is 10.3. The van der Waals surface area contributed by atoms with E-state index in [4.69, 9.17) is 11.6 Å². The van der Waals surface area contributed by atoms with Crippen molar-refractivity contribution in [2.24, 2.45) is 0 Å². The fraction of sp³-hybridized carbons (Fsp3) is 0. The molecule has 4 aromatic rings. The molecular formula is C19H14ClN5O. The molecule has 0 radical (unpaired) electrons. The van der Waals surface area contributed by atoms with Crippen LogP contribution in [0.15, 0.2) is 72.9 Å². The number of nitrogens with one attached hydrogen (secondary N) is 2. The number of aromatic nitrogens is 3. The number of para-hydroxylation sites is 2. The van der Waals surface area contributed by atoms with Crippen LogP contribution in [0.1, 0.15) is 0 Å². The number of nitrogens with zero attached hydrogens (tertiary/aromatic N) is 3. The Morgan fingerprint density at radius 3 is 2.50 bits per heavy atom. The van der Waals surface area contributed by atoms with Gasteiger partial charge in [-0.2, -0.15) is 0 Å². The molecule has 0 saturated carbocycles. The summed E-state index contributed by atoms with van der Waals surface area (Å²) < 4.78 is 1.79. The van der Waals surface area contributed by atoms with E-state index in [0.717, 1.165) is 5.69 Å². The maximum absolute atomic E-state index is 12.4. The lowest BCUT2D eigenvalue weighted by Gasteiger charge is -2.11. The smallest absolute Gasteiger partial charge is 0.306 e. The third-order valence-corrected chi connectivity index (χ3v) is 4.11. The fourth-order valence-electron chi connectivity index (χ4n) is 2.64. The van der Waals surface area contributed by atoms with Crippen LogP contribution >= 0.6 is 11.6 Å². The number of imidazole rings is 1. The number of fused-ring (bicyclic) bond motifs is 1. The molecule has 0 spiro atoms. The molecule has 0 atom stereocenters. The van der Waals surface area contributed by atoms with Crippen molar-refractivity contribution in [1.29, 1.82) is 0 Å². The monoisotopic (exact) mass is 363 g/mol. The first-order valence-electron chi connectivity index (χ1n) is 7.94. The van der Waals surface area contributed by atoms with Gasteiger partial charge in [0.1, 0.15) is 5.52 Å². The average Bonchev–Trinajstić information content (AvgIpc) is 3.02. The maximum atomic E-state index is 12.4. The summed E-state index contributed by atoms with van der Waals surface area (Å²) in [7, 11) is 0. The van der Waals surface area contributed by atoms with E-state index in [1.165, 1.54) is 0 Å². The highest BCUT2D eigenvalue weighted by Crippen LogP contribution is 2.24. The van der Waals surface area contributed by atoms with E-state index in [-0.39, 0.29) is 0 Å². The molecule has 0 aliphatic carbocycles. The molecule has 0 fully saturated rings. The highest BCUT2D eigenvalue weighted by atomic mass is 35.5. The first-order chi connectivity index (χ1) is 12.7. The zero-order valence-electron chi connectivity index (χ0n) is 13.6. The molecule has 0 unspecified atom stereocenters. The van der Waals surface area contributed by atoms with Gasteiger partial charge in [-0.25, -0.2) is 14.8 Å². The highest BCUT2D eigenvalue weighted by Gasteiger charge is 2.16. The van der Waals surface area contributed by atoms with Gasteiger partial charge in [0, 0.05) is 6.20 Å². The molecule has 2 N–H and O–H groups in total. The molecule has 7 heteroatoms. The molecule has 0 aliphatic rings. The van der Waals surface area contributed by atoms with Crippen molar-refractivity contribution in [3.8, 4) is 5.69 Å².